The van der Waals surface area contributed by atoms with Crippen LogP contribution < -0.4 is 27.0 Å². The van der Waals surface area contributed by atoms with Crippen LogP contribution in [0.3, 0.4) is 0 Å². The molecule has 1 fully saturated rings. The van der Waals surface area contributed by atoms with E-state index in [1.165, 1.54) is 6.20 Å². The van der Waals surface area contributed by atoms with Gasteiger partial charge in [0.15, 0.2) is 5.65 Å². The van der Waals surface area contributed by atoms with Crippen molar-refractivity contribution in [3.8, 4) is 6.07 Å². The van der Waals surface area contributed by atoms with Gasteiger partial charge in [0.05, 0.1) is 28.2 Å². The fourth-order valence-electron chi connectivity index (χ4n) is 4.09. The zero-order valence-corrected chi connectivity index (χ0v) is 18.1. The summed E-state index contributed by atoms with van der Waals surface area (Å²) < 4.78 is 1.73. The molecular weight excluding hydrogens is 404 g/mol. The second-order valence-corrected chi connectivity index (χ2v) is 7.94. The van der Waals surface area contributed by atoms with Gasteiger partial charge in [0, 0.05) is 49.3 Å². The summed E-state index contributed by atoms with van der Waals surface area (Å²) in [5.74, 6) is -0.366. The number of nitriles is 1. The summed E-state index contributed by atoms with van der Waals surface area (Å²) in [6, 6.07) is 7.71. The average molecular weight is 431 g/mol. The Bertz CT molecular complexity index is 1250. The van der Waals surface area contributed by atoms with Crippen LogP contribution in [0.4, 0.5) is 17.1 Å². The summed E-state index contributed by atoms with van der Waals surface area (Å²) in [5.41, 5.74) is 16.7. The number of nitrogens with two attached hydrogens (primary N) is 2. The van der Waals surface area contributed by atoms with Crippen LogP contribution in [-0.4, -0.2) is 41.0 Å². The van der Waals surface area contributed by atoms with Gasteiger partial charge >= 0.3 is 0 Å². The van der Waals surface area contributed by atoms with E-state index in [9.17, 15) is 10.1 Å². The van der Waals surface area contributed by atoms with Crippen molar-refractivity contribution in [2.24, 2.45) is 5.73 Å². The number of pyridine rings is 1. The van der Waals surface area contributed by atoms with E-state index in [2.05, 4.69) is 33.5 Å². The van der Waals surface area contributed by atoms with Crippen molar-refractivity contribution in [2.45, 2.75) is 19.9 Å². The lowest BCUT2D eigenvalue weighted by molar-refractivity contribution is 0.102. The number of fused-ring (bicyclic) bond motifs is 1. The van der Waals surface area contributed by atoms with Crippen LogP contribution >= 0.6 is 0 Å². The number of nitrogens with zero attached hydrogens (tertiary/aromatic N) is 4. The van der Waals surface area contributed by atoms with Gasteiger partial charge in [-0.25, -0.2) is 4.98 Å². The molecule has 0 radical (unpaired) electrons. The second-order valence-electron chi connectivity index (χ2n) is 7.94. The Morgan fingerprint density at radius 2 is 2.22 bits per heavy atom. The Kier molecular flexibility index (Phi) is 5.71. The van der Waals surface area contributed by atoms with E-state index in [1.54, 1.807) is 35.0 Å². The molecule has 0 bridgehead atoms. The van der Waals surface area contributed by atoms with Gasteiger partial charge in [0.1, 0.15) is 6.07 Å². The van der Waals surface area contributed by atoms with E-state index in [0.717, 1.165) is 31.0 Å². The Morgan fingerprint density at radius 3 is 2.94 bits per heavy atom. The SMILES string of the molecule is Cc1cn2cc(NC(=O)c3ccc(N4CCNC(C)C4)c(/C=C\N)c3N)cc(C#N)c2n1. The lowest BCUT2D eigenvalue weighted by Gasteiger charge is -2.35. The predicted molar refractivity (Wildman–Crippen MR) is 126 cm³/mol. The summed E-state index contributed by atoms with van der Waals surface area (Å²) in [7, 11) is 0. The third-order valence-electron chi connectivity index (χ3n) is 5.53. The third kappa shape index (κ3) is 3.96. The lowest BCUT2D eigenvalue weighted by Crippen LogP contribution is -2.49. The molecule has 3 heterocycles. The first-order valence-electron chi connectivity index (χ1n) is 10.4. The average Bonchev–Trinajstić information content (AvgIpc) is 3.14. The van der Waals surface area contributed by atoms with Gasteiger partial charge in [-0.3, -0.25) is 4.79 Å². The number of hydrogen-bond donors (Lipinski definition) is 4. The van der Waals surface area contributed by atoms with Gasteiger partial charge in [-0.05, 0) is 44.3 Å². The van der Waals surface area contributed by atoms with E-state index in [0.29, 0.717) is 39.8 Å². The van der Waals surface area contributed by atoms with Crippen molar-refractivity contribution in [3.63, 3.8) is 0 Å². The second kappa shape index (κ2) is 8.61. The highest BCUT2D eigenvalue weighted by Gasteiger charge is 2.22. The van der Waals surface area contributed by atoms with Crippen molar-refractivity contribution in [3.05, 3.63) is 59.2 Å². The highest BCUT2D eigenvalue weighted by atomic mass is 16.1. The maximum atomic E-state index is 13.1. The van der Waals surface area contributed by atoms with Crippen molar-refractivity contribution < 1.29 is 4.79 Å². The zero-order chi connectivity index (χ0) is 22.8. The smallest absolute Gasteiger partial charge is 0.257 e. The number of carbonyl (C=O) groups is 1. The summed E-state index contributed by atoms with van der Waals surface area (Å²) >= 11 is 0. The number of rotatable bonds is 4. The number of benzene rings is 1. The van der Waals surface area contributed by atoms with Crippen molar-refractivity contribution in [1.82, 2.24) is 14.7 Å². The molecule has 9 nitrogen and oxygen atoms in total. The van der Waals surface area contributed by atoms with Crippen LogP contribution in [0.5, 0.6) is 0 Å². The molecule has 1 saturated heterocycles. The number of anilines is 3. The standard InChI is InChI=1S/C23H26N8O/c1-14-11-30(8-7-27-14)20-4-3-19(21(26)18(20)5-6-24)23(32)29-17-9-16(10-25)22-28-15(2)12-31(22)13-17/h3-6,9,12-14,27H,7-8,11,24,26H2,1-2H3,(H,29,32)/b6-5-. The highest BCUT2D eigenvalue weighted by molar-refractivity contribution is 6.09. The molecule has 0 saturated carbocycles. The minimum Gasteiger partial charge on any atom is -0.405 e. The molecule has 32 heavy (non-hydrogen) atoms. The molecule has 2 aromatic heterocycles. The first kappa shape index (κ1) is 21.2. The molecule has 1 aliphatic rings. The molecule has 3 aromatic rings. The van der Waals surface area contributed by atoms with Crippen LogP contribution in [0.25, 0.3) is 11.7 Å². The first-order valence-corrected chi connectivity index (χ1v) is 10.4. The number of piperazine rings is 1. The van der Waals surface area contributed by atoms with Crippen LogP contribution in [0, 0.1) is 18.3 Å². The third-order valence-corrected chi connectivity index (χ3v) is 5.53. The normalized spacial score (nSPS) is 16.4. The molecular formula is C23H26N8O. The molecule has 6 N–H and O–H groups in total. The number of carbonyl (C=O) groups excluding carboxylic acids is 1. The summed E-state index contributed by atoms with van der Waals surface area (Å²) in [6.45, 7) is 6.51. The van der Waals surface area contributed by atoms with Crippen LogP contribution in [0.15, 0.2) is 36.8 Å². The van der Waals surface area contributed by atoms with Crippen LogP contribution in [-0.2, 0) is 0 Å². The fraction of sp³-hybridized carbons (Fsp3) is 0.261. The zero-order valence-electron chi connectivity index (χ0n) is 18.1. The Hall–Kier alpha value is -4.03. The molecule has 4 rings (SSSR count). The topological polar surface area (TPSA) is 138 Å². The monoisotopic (exact) mass is 430 g/mol. The Labute approximate surface area is 186 Å². The molecule has 0 spiro atoms. The van der Waals surface area contributed by atoms with Gasteiger partial charge in [-0.1, -0.05) is 0 Å². The highest BCUT2D eigenvalue weighted by Crippen LogP contribution is 2.31. The molecule has 1 aromatic carbocycles. The van der Waals surface area contributed by atoms with E-state index in [1.807, 2.05) is 13.0 Å². The lowest BCUT2D eigenvalue weighted by atomic mass is 10.0. The minimum absolute atomic E-state index is 0.338. The summed E-state index contributed by atoms with van der Waals surface area (Å²) in [4.78, 5) is 19.7. The molecule has 1 atom stereocenters. The number of hydrogen-bond acceptors (Lipinski definition) is 7. The molecule has 164 valence electrons. The number of imidazole rings is 1. The van der Waals surface area contributed by atoms with E-state index < -0.39 is 0 Å². The van der Waals surface area contributed by atoms with E-state index >= 15 is 0 Å². The van der Waals surface area contributed by atoms with E-state index in [-0.39, 0.29) is 5.91 Å². The quantitative estimate of drug-likeness (QED) is 0.465. The minimum atomic E-state index is -0.366. The summed E-state index contributed by atoms with van der Waals surface area (Å²) in [5, 5.41) is 15.7. The van der Waals surface area contributed by atoms with Gasteiger partial charge in [-0.2, -0.15) is 5.26 Å². The van der Waals surface area contributed by atoms with E-state index in [4.69, 9.17) is 11.5 Å². The largest absolute Gasteiger partial charge is 0.405 e. The maximum absolute atomic E-state index is 13.1. The Morgan fingerprint density at radius 1 is 1.41 bits per heavy atom. The maximum Gasteiger partial charge on any atom is 0.257 e. The van der Waals surface area contributed by atoms with Gasteiger partial charge in [0.2, 0.25) is 0 Å². The molecule has 1 amide bonds. The number of nitrogens with one attached hydrogen (secondary N) is 2. The molecule has 1 unspecified atom stereocenters. The fourth-order valence-corrected chi connectivity index (χ4v) is 4.09. The van der Waals surface area contributed by atoms with Crippen molar-refractivity contribution in [2.75, 3.05) is 35.6 Å². The van der Waals surface area contributed by atoms with Gasteiger partial charge in [0.25, 0.3) is 5.91 Å². The Balaban J connectivity index is 1.68. The number of amides is 1. The number of aryl methyl sites for hydroxylation is 1. The van der Waals surface area contributed by atoms with Crippen molar-refractivity contribution >= 4 is 34.7 Å². The predicted octanol–water partition coefficient (Wildman–Crippen LogP) is 2.08. The van der Waals surface area contributed by atoms with Crippen LogP contribution in [0.2, 0.25) is 0 Å². The van der Waals surface area contributed by atoms with Gasteiger partial charge < -0.3 is 31.4 Å². The van der Waals surface area contributed by atoms with Crippen LogP contribution in [0.1, 0.15) is 34.1 Å². The molecule has 0 aliphatic carbocycles. The summed E-state index contributed by atoms with van der Waals surface area (Å²) in [6.07, 6.45) is 6.67. The number of nitrogen functional groups attached to an aromatic ring is 1. The first-order chi connectivity index (χ1) is 15.4. The number of aromatic nitrogens is 2. The van der Waals surface area contributed by atoms with Gasteiger partial charge in [-0.15, -0.1) is 0 Å². The molecule has 9 heteroatoms. The van der Waals surface area contributed by atoms with Crippen molar-refractivity contribution in [1.29, 1.82) is 5.26 Å². The molecule has 1 aliphatic heterocycles.